The number of anilines is 2. The molecule has 0 radical (unpaired) electrons. The number of phenolic OH excluding ortho intramolecular Hbond substituents is 1. The van der Waals surface area contributed by atoms with E-state index in [2.05, 4.69) is 10.6 Å². The normalized spacial score (nSPS) is 11.1. The molecule has 0 saturated carbocycles. The molecule has 0 aliphatic rings. The third-order valence-electron chi connectivity index (χ3n) is 4.51. The van der Waals surface area contributed by atoms with E-state index in [0.29, 0.717) is 22.7 Å². The first-order valence-electron chi connectivity index (χ1n) is 10.5. The Bertz CT molecular complexity index is 1130. The second-order valence-corrected chi connectivity index (χ2v) is 7.08. The molecule has 3 rings (SSSR count). The van der Waals surface area contributed by atoms with Gasteiger partial charge in [0.05, 0.1) is 6.61 Å². The maximum Gasteiger partial charge on any atom is 0.513 e. The van der Waals surface area contributed by atoms with Crippen molar-refractivity contribution < 1.29 is 33.7 Å². The second kappa shape index (κ2) is 11.4. The minimum Gasteiger partial charge on any atom is -0.508 e. The van der Waals surface area contributed by atoms with Crippen molar-refractivity contribution in [3.8, 4) is 17.2 Å². The van der Waals surface area contributed by atoms with Gasteiger partial charge in [-0.2, -0.15) is 0 Å². The topological polar surface area (TPSA) is 123 Å². The van der Waals surface area contributed by atoms with Crippen molar-refractivity contribution in [2.45, 2.75) is 20.0 Å². The van der Waals surface area contributed by atoms with Crippen LogP contribution in [0.25, 0.3) is 0 Å². The van der Waals surface area contributed by atoms with E-state index in [-0.39, 0.29) is 29.9 Å². The van der Waals surface area contributed by atoms with Crippen LogP contribution in [0.3, 0.4) is 0 Å². The summed E-state index contributed by atoms with van der Waals surface area (Å²) in [5.41, 5.74) is 1.43. The molecule has 1 atom stereocenters. The Morgan fingerprint density at radius 1 is 0.824 bits per heavy atom. The Hall–Kier alpha value is -4.53. The highest BCUT2D eigenvalue weighted by Gasteiger charge is 2.15. The predicted molar refractivity (Wildman–Crippen MR) is 125 cm³/mol. The molecule has 3 aromatic carbocycles. The number of hydrogen-bond acceptors (Lipinski definition) is 7. The third kappa shape index (κ3) is 6.99. The Balaban J connectivity index is 1.51. The van der Waals surface area contributed by atoms with Crippen molar-refractivity contribution in [1.29, 1.82) is 0 Å². The lowest BCUT2D eigenvalue weighted by Crippen LogP contribution is -2.30. The Morgan fingerprint density at radius 3 is 1.97 bits per heavy atom. The van der Waals surface area contributed by atoms with E-state index >= 15 is 0 Å². The van der Waals surface area contributed by atoms with E-state index in [9.17, 15) is 19.5 Å². The summed E-state index contributed by atoms with van der Waals surface area (Å²) in [5.74, 6) is 0.125. The summed E-state index contributed by atoms with van der Waals surface area (Å²) in [6.07, 6.45) is -1.58. The van der Waals surface area contributed by atoms with Crippen molar-refractivity contribution in [2.24, 2.45) is 0 Å². The molecule has 0 fully saturated rings. The lowest BCUT2D eigenvalue weighted by Gasteiger charge is -2.15. The summed E-state index contributed by atoms with van der Waals surface area (Å²) >= 11 is 0. The summed E-state index contributed by atoms with van der Waals surface area (Å²) in [6, 6.07) is 18.7. The van der Waals surface area contributed by atoms with Crippen LogP contribution in [0.4, 0.5) is 16.2 Å². The Labute approximate surface area is 196 Å². The van der Waals surface area contributed by atoms with E-state index in [4.69, 9.17) is 14.2 Å². The first kappa shape index (κ1) is 24.1. The monoisotopic (exact) mass is 464 g/mol. The number of phenols is 1. The number of aromatic hydroxyl groups is 1. The van der Waals surface area contributed by atoms with E-state index in [1.54, 1.807) is 50.2 Å². The smallest absolute Gasteiger partial charge is 0.508 e. The second-order valence-electron chi connectivity index (χ2n) is 7.08. The van der Waals surface area contributed by atoms with Crippen LogP contribution >= 0.6 is 0 Å². The van der Waals surface area contributed by atoms with Gasteiger partial charge in [-0.3, -0.25) is 9.59 Å². The maximum absolute atomic E-state index is 12.5. The van der Waals surface area contributed by atoms with Gasteiger partial charge in [0.25, 0.3) is 11.8 Å². The highest BCUT2D eigenvalue weighted by atomic mass is 16.7. The van der Waals surface area contributed by atoms with Gasteiger partial charge in [0.1, 0.15) is 17.2 Å². The number of amides is 2. The van der Waals surface area contributed by atoms with Gasteiger partial charge in [0.15, 0.2) is 6.10 Å². The summed E-state index contributed by atoms with van der Waals surface area (Å²) < 4.78 is 15.2. The molecule has 9 nitrogen and oxygen atoms in total. The zero-order chi connectivity index (χ0) is 24.5. The predicted octanol–water partition coefficient (Wildman–Crippen LogP) is 4.59. The van der Waals surface area contributed by atoms with Crippen LogP contribution < -0.4 is 20.1 Å². The molecule has 0 aliphatic heterocycles. The highest BCUT2D eigenvalue weighted by molar-refractivity contribution is 6.04. The van der Waals surface area contributed by atoms with Crippen LogP contribution in [-0.2, 0) is 9.53 Å². The molecule has 176 valence electrons. The van der Waals surface area contributed by atoms with Crippen LogP contribution in [0, 0.1) is 0 Å². The van der Waals surface area contributed by atoms with Gasteiger partial charge >= 0.3 is 6.16 Å². The molecule has 1 unspecified atom stereocenters. The molecule has 0 spiro atoms. The summed E-state index contributed by atoms with van der Waals surface area (Å²) in [6.45, 7) is 3.48. The Morgan fingerprint density at radius 2 is 1.38 bits per heavy atom. The first-order chi connectivity index (χ1) is 16.3. The number of hydrogen-bond donors (Lipinski definition) is 3. The average molecular weight is 464 g/mol. The molecular weight excluding hydrogens is 440 g/mol. The number of nitrogens with one attached hydrogen (secondary N) is 2. The van der Waals surface area contributed by atoms with Gasteiger partial charge in [0, 0.05) is 16.9 Å². The van der Waals surface area contributed by atoms with Gasteiger partial charge in [-0.05, 0) is 86.6 Å². The Kier molecular flexibility index (Phi) is 8.07. The molecule has 0 heterocycles. The lowest BCUT2D eigenvalue weighted by molar-refractivity contribution is -0.122. The van der Waals surface area contributed by atoms with Crippen LogP contribution in [0.1, 0.15) is 24.2 Å². The molecule has 3 N–H and O–H groups in total. The lowest BCUT2D eigenvalue weighted by atomic mass is 10.2. The van der Waals surface area contributed by atoms with Gasteiger partial charge in [-0.25, -0.2) is 4.79 Å². The number of benzene rings is 3. The highest BCUT2D eigenvalue weighted by Crippen LogP contribution is 2.19. The average Bonchev–Trinajstić information content (AvgIpc) is 2.82. The van der Waals surface area contributed by atoms with E-state index in [0.717, 1.165) is 0 Å². The SMILES string of the molecule is CCOC(=O)Oc1ccc(C(=O)Nc2ccc(NC(=O)C(C)Oc3ccc(O)cc3)cc2)cc1. The fourth-order valence-electron chi connectivity index (χ4n) is 2.78. The number of carbonyl (C=O) groups is 3. The van der Waals surface area contributed by atoms with Crippen molar-refractivity contribution in [3.63, 3.8) is 0 Å². The minimum absolute atomic E-state index is 0.108. The first-order valence-corrected chi connectivity index (χ1v) is 10.5. The zero-order valence-electron chi connectivity index (χ0n) is 18.6. The molecule has 0 aliphatic carbocycles. The fourth-order valence-corrected chi connectivity index (χ4v) is 2.78. The molecule has 0 bridgehead atoms. The van der Waals surface area contributed by atoms with Crippen molar-refractivity contribution >= 4 is 29.3 Å². The molecule has 3 aromatic rings. The van der Waals surface area contributed by atoms with Crippen molar-refractivity contribution in [3.05, 3.63) is 78.4 Å². The largest absolute Gasteiger partial charge is 0.513 e. The summed E-state index contributed by atoms with van der Waals surface area (Å²) in [5, 5.41) is 14.8. The molecule has 2 amide bonds. The quantitative estimate of drug-likeness (QED) is 0.329. The number of ether oxygens (including phenoxy) is 3. The maximum atomic E-state index is 12.5. The van der Waals surface area contributed by atoms with Gasteiger partial charge < -0.3 is 30.0 Å². The molecule has 0 saturated heterocycles. The van der Waals surface area contributed by atoms with Crippen molar-refractivity contribution in [2.75, 3.05) is 17.2 Å². The van der Waals surface area contributed by atoms with Crippen molar-refractivity contribution in [1.82, 2.24) is 0 Å². The molecule has 0 aromatic heterocycles. The van der Waals surface area contributed by atoms with Crippen LogP contribution in [0.15, 0.2) is 72.8 Å². The molecule has 9 heteroatoms. The fraction of sp³-hybridized carbons (Fsp3) is 0.160. The minimum atomic E-state index is -0.812. The molecule has 34 heavy (non-hydrogen) atoms. The van der Waals surface area contributed by atoms with Crippen LogP contribution in [0.5, 0.6) is 17.2 Å². The van der Waals surface area contributed by atoms with Gasteiger partial charge in [0.2, 0.25) is 0 Å². The molecular formula is C25H24N2O7. The number of carbonyl (C=O) groups excluding carboxylic acids is 3. The van der Waals surface area contributed by atoms with E-state index in [1.165, 1.54) is 36.4 Å². The van der Waals surface area contributed by atoms with E-state index in [1.807, 2.05) is 0 Å². The van der Waals surface area contributed by atoms with Crippen LogP contribution in [0.2, 0.25) is 0 Å². The standard InChI is InChI=1S/C25H24N2O7/c1-3-32-25(31)34-22-12-4-17(5-13-22)24(30)27-19-8-6-18(7-9-19)26-23(29)16(2)33-21-14-10-20(28)11-15-21/h4-16,28H,3H2,1-2H3,(H,26,29)(H,27,30). The zero-order valence-corrected chi connectivity index (χ0v) is 18.6. The third-order valence-corrected chi connectivity index (χ3v) is 4.51. The van der Waals surface area contributed by atoms with Gasteiger partial charge in [-0.15, -0.1) is 0 Å². The number of rotatable bonds is 8. The van der Waals surface area contributed by atoms with Crippen LogP contribution in [-0.4, -0.2) is 35.8 Å². The summed E-state index contributed by atoms with van der Waals surface area (Å²) in [4.78, 5) is 36.2. The van der Waals surface area contributed by atoms with E-state index < -0.39 is 12.3 Å². The summed E-state index contributed by atoms with van der Waals surface area (Å²) in [7, 11) is 0. The van der Waals surface area contributed by atoms with Gasteiger partial charge in [-0.1, -0.05) is 0 Å².